The molecule has 0 spiro atoms. The van der Waals surface area contributed by atoms with Crippen molar-refractivity contribution in [3.05, 3.63) is 89.5 Å². The van der Waals surface area contributed by atoms with Crippen LogP contribution in [0.2, 0.25) is 0 Å². The van der Waals surface area contributed by atoms with E-state index in [0.717, 1.165) is 5.56 Å². The third-order valence-corrected chi connectivity index (χ3v) is 7.32. The van der Waals surface area contributed by atoms with Crippen molar-refractivity contribution in [1.29, 1.82) is 0 Å². The number of amides is 1. The summed E-state index contributed by atoms with van der Waals surface area (Å²) in [6, 6.07) is 21.0. The first kappa shape index (κ1) is 23.0. The Balaban J connectivity index is 1.48. The Morgan fingerprint density at radius 1 is 0.970 bits per heavy atom. The number of benzene rings is 3. The van der Waals surface area contributed by atoms with Crippen LogP contribution in [0.5, 0.6) is 5.75 Å². The summed E-state index contributed by atoms with van der Waals surface area (Å²) in [4.78, 5) is 12.9. The first-order valence-corrected chi connectivity index (χ1v) is 12.1. The molecule has 0 aromatic heterocycles. The molecule has 0 saturated heterocycles. The summed E-state index contributed by atoms with van der Waals surface area (Å²) in [6.45, 7) is 1.59. The third kappa shape index (κ3) is 5.42. The Bertz CT molecular complexity index is 1240. The molecule has 0 unspecified atom stereocenters. The molecule has 172 valence electrons. The molecule has 0 atom stereocenters. The zero-order valence-corrected chi connectivity index (χ0v) is 19.2. The molecule has 33 heavy (non-hydrogen) atoms. The maximum atomic E-state index is 13.3. The second-order valence-electron chi connectivity index (χ2n) is 7.71. The summed E-state index contributed by atoms with van der Waals surface area (Å²) in [5, 5.41) is 2.80. The molecule has 7 nitrogen and oxygen atoms in total. The molecule has 1 aliphatic rings. The van der Waals surface area contributed by atoms with Crippen molar-refractivity contribution in [2.24, 2.45) is 0 Å². The number of anilines is 1. The zero-order valence-electron chi connectivity index (χ0n) is 18.4. The number of rotatable bonds is 8. The second-order valence-corrected chi connectivity index (χ2v) is 9.65. The van der Waals surface area contributed by atoms with Crippen LogP contribution in [0.25, 0.3) is 0 Å². The summed E-state index contributed by atoms with van der Waals surface area (Å²) in [5.74, 6) is 0.205. The van der Waals surface area contributed by atoms with E-state index >= 15 is 0 Å². The van der Waals surface area contributed by atoms with E-state index in [4.69, 9.17) is 9.47 Å². The molecule has 0 radical (unpaired) electrons. The van der Waals surface area contributed by atoms with E-state index in [1.165, 1.54) is 22.0 Å². The SMILES string of the molecule is COCCOc1cccc(NC(=O)c2cccc(S(=O)(=O)N3CCc4ccccc4C3)c2)c1. The molecule has 1 N–H and O–H groups in total. The third-order valence-electron chi connectivity index (χ3n) is 5.48. The summed E-state index contributed by atoms with van der Waals surface area (Å²) in [5.41, 5.74) is 2.99. The van der Waals surface area contributed by atoms with Crippen LogP contribution in [-0.2, 0) is 27.7 Å². The molecule has 0 saturated carbocycles. The van der Waals surface area contributed by atoms with E-state index in [1.54, 1.807) is 43.5 Å². The van der Waals surface area contributed by atoms with Crippen LogP contribution in [0.4, 0.5) is 5.69 Å². The number of hydrogen-bond acceptors (Lipinski definition) is 5. The van der Waals surface area contributed by atoms with E-state index in [0.29, 0.717) is 44.2 Å². The van der Waals surface area contributed by atoms with Crippen molar-refractivity contribution in [2.75, 3.05) is 32.2 Å². The van der Waals surface area contributed by atoms with E-state index in [-0.39, 0.29) is 10.5 Å². The van der Waals surface area contributed by atoms with Gasteiger partial charge in [0.1, 0.15) is 12.4 Å². The van der Waals surface area contributed by atoms with Gasteiger partial charge in [-0.3, -0.25) is 4.79 Å². The first-order valence-electron chi connectivity index (χ1n) is 10.7. The van der Waals surface area contributed by atoms with Crippen molar-refractivity contribution in [3.8, 4) is 5.75 Å². The highest BCUT2D eigenvalue weighted by Gasteiger charge is 2.28. The van der Waals surface area contributed by atoms with E-state index in [9.17, 15) is 13.2 Å². The van der Waals surface area contributed by atoms with Crippen LogP contribution < -0.4 is 10.1 Å². The fourth-order valence-electron chi connectivity index (χ4n) is 3.73. The summed E-state index contributed by atoms with van der Waals surface area (Å²) < 4.78 is 38.5. The monoisotopic (exact) mass is 466 g/mol. The minimum absolute atomic E-state index is 0.103. The molecule has 1 aliphatic heterocycles. The standard InChI is InChI=1S/C25H26N2O5S/c1-31-14-15-32-23-10-5-9-22(17-23)26-25(28)20-8-4-11-24(16-20)33(29,30)27-13-12-19-6-2-3-7-21(19)18-27/h2-11,16-17H,12-15,18H2,1H3,(H,26,28). The summed E-state index contributed by atoms with van der Waals surface area (Å²) >= 11 is 0. The molecular weight excluding hydrogens is 440 g/mol. The van der Waals surface area contributed by atoms with Gasteiger partial charge in [0.25, 0.3) is 5.91 Å². The molecule has 0 bridgehead atoms. The number of methoxy groups -OCH3 is 1. The average molecular weight is 467 g/mol. The van der Waals surface area contributed by atoms with Crippen LogP contribution in [0, 0.1) is 0 Å². The Hall–Kier alpha value is -3.20. The van der Waals surface area contributed by atoms with Gasteiger partial charge in [0.15, 0.2) is 0 Å². The van der Waals surface area contributed by atoms with Crippen LogP contribution in [0.3, 0.4) is 0 Å². The topological polar surface area (TPSA) is 84.9 Å². The molecule has 0 aliphatic carbocycles. The Morgan fingerprint density at radius 3 is 2.58 bits per heavy atom. The molecule has 4 rings (SSSR count). The highest BCUT2D eigenvalue weighted by atomic mass is 32.2. The summed E-state index contributed by atoms with van der Waals surface area (Å²) in [7, 11) is -2.14. The molecule has 1 heterocycles. The van der Waals surface area contributed by atoms with Gasteiger partial charge in [-0.1, -0.05) is 36.4 Å². The lowest BCUT2D eigenvalue weighted by Crippen LogP contribution is -2.36. The summed E-state index contributed by atoms with van der Waals surface area (Å²) in [6.07, 6.45) is 0.665. The Morgan fingerprint density at radius 2 is 1.76 bits per heavy atom. The van der Waals surface area contributed by atoms with Gasteiger partial charge in [0, 0.05) is 37.5 Å². The largest absolute Gasteiger partial charge is 0.491 e. The Labute approximate surface area is 194 Å². The molecular formula is C25H26N2O5S. The average Bonchev–Trinajstić information content (AvgIpc) is 2.84. The quantitative estimate of drug-likeness (QED) is 0.512. The minimum Gasteiger partial charge on any atom is -0.491 e. The number of carbonyl (C=O) groups excluding carboxylic acids is 1. The lowest BCUT2D eigenvalue weighted by molar-refractivity contribution is 0.102. The van der Waals surface area contributed by atoms with Gasteiger partial charge in [-0.25, -0.2) is 8.42 Å². The fraction of sp³-hybridized carbons (Fsp3) is 0.240. The highest BCUT2D eigenvalue weighted by Crippen LogP contribution is 2.26. The normalized spacial score (nSPS) is 13.8. The van der Waals surface area contributed by atoms with Crippen LogP contribution in [0.15, 0.2) is 77.7 Å². The number of carbonyl (C=O) groups is 1. The number of nitrogens with zero attached hydrogens (tertiary/aromatic N) is 1. The number of hydrogen-bond donors (Lipinski definition) is 1. The van der Waals surface area contributed by atoms with Gasteiger partial charge in [-0.05, 0) is 47.9 Å². The number of ether oxygens (including phenoxy) is 2. The maximum absolute atomic E-state index is 13.3. The number of fused-ring (bicyclic) bond motifs is 1. The number of sulfonamides is 1. The van der Waals surface area contributed by atoms with Gasteiger partial charge in [0.05, 0.1) is 11.5 Å². The first-order chi connectivity index (χ1) is 16.0. The van der Waals surface area contributed by atoms with Gasteiger partial charge in [-0.2, -0.15) is 4.31 Å². The maximum Gasteiger partial charge on any atom is 0.255 e. The second kappa shape index (κ2) is 10.2. The lowest BCUT2D eigenvalue weighted by Gasteiger charge is -2.28. The van der Waals surface area contributed by atoms with Crippen LogP contribution in [0.1, 0.15) is 21.5 Å². The van der Waals surface area contributed by atoms with Gasteiger partial charge in [-0.15, -0.1) is 0 Å². The zero-order chi connectivity index (χ0) is 23.3. The van der Waals surface area contributed by atoms with Crippen molar-refractivity contribution in [1.82, 2.24) is 4.31 Å². The van der Waals surface area contributed by atoms with Crippen molar-refractivity contribution >= 4 is 21.6 Å². The van der Waals surface area contributed by atoms with E-state index in [2.05, 4.69) is 5.32 Å². The molecule has 3 aromatic carbocycles. The van der Waals surface area contributed by atoms with Crippen molar-refractivity contribution in [2.45, 2.75) is 17.9 Å². The highest BCUT2D eigenvalue weighted by molar-refractivity contribution is 7.89. The minimum atomic E-state index is -3.73. The smallest absolute Gasteiger partial charge is 0.255 e. The molecule has 0 fully saturated rings. The van der Waals surface area contributed by atoms with E-state index in [1.807, 2.05) is 24.3 Å². The van der Waals surface area contributed by atoms with Crippen molar-refractivity contribution < 1.29 is 22.7 Å². The predicted molar refractivity (Wildman–Crippen MR) is 126 cm³/mol. The van der Waals surface area contributed by atoms with Gasteiger partial charge >= 0.3 is 0 Å². The van der Waals surface area contributed by atoms with E-state index < -0.39 is 15.9 Å². The van der Waals surface area contributed by atoms with Crippen molar-refractivity contribution in [3.63, 3.8) is 0 Å². The lowest BCUT2D eigenvalue weighted by atomic mass is 10.0. The predicted octanol–water partition coefficient (Wildman–Crippen LogP) is 3.71. The molecule has 1 amide bonds. The number of nitrogens with one attached hydrogen (secondary N) is 1. The molecule has 3 aromatic rings. The fourth-order valence-corrected chi connectivity index (χ4v) is 5.20. The molecule has 8 heteroatoms. The van der Waals surface area contributed by atoms with Crippen LogP contribution >= 0.6 is 0 Å². The van der Waals surface area contributed by atoms with Gasteiger partial charge in [0.2, 0.25) is 10.0 Å². The Kier molecular flexibility index (Phi) is 7.08. The van der Waals surface area contributed by atoms with Gasteiger partial charge < -0.3 is 14.8 Å². The van der Waals surface area contributed by atoms with Crippen LogP contribution in [-0.4, -0.2) is 45.5 Å².